The predicted molar refractivity (Wildman–Crippen MR) is 105 cm³/mol. The molecule has 0 amide bonds. The number of pyridine rings is 1. The summed E-state index contributed by atoms with van der Waals surface area (Å²) in [6, 6.07) is 5.79. The van der Waals surface area contributed by atoms with Gasteiger partial charge in [-0.15, -0.1) is 0 Å². The van der Waals surface area contributed by atoms with Crippen LogP contribution in [0.5, 0.6) is 0 Å². The maximum Gasteiger partial charge on any atom is 0.218 e. The number of nitrogens with zero attached hydrogens (tertiary/aromatic N) is 5. The minimum Gasteiger partial charge on any atom is -0.282 e. The van der Waals surface area contributed by atoms with Gasteiger partial charge in [-0.05, 0) is 24.6 Å². The standard InChI is InChI=1S/C17H23N5O4S2/c23-27(24)12-4-16(13-27)28(25,26)21-10-8-20(9-11-21)14-22-17(3-7-19-22)15-1-5-18-6-2-15/h1-3,5-7,16H,4,8-14H2. The van der Waals surface area contributed by atoms with Crippen molar-refractivity contribution < 1.29 is 16.8 Å². The Balaban J connectivity index is 1.39. The first-order valence-electron chi connectivity index (χ1n) is 9.19. The molecule has 4 rings (SSSR count). The number of piperazine rings is 1. The third-order valence-corrected chi connectivity index (χ3v) is 9.64. The molecular weight excluding hydrogens is 402 g/mol. The van der Waals surface area contributed by atoms with Crippen LogP contribution in [-0.4, -0.2) is 83.7 Å². The van der Waals surface area contributed by atoms with Crippen molar-refractivity contribution in [2.45, 2.75) is 18.3 Å². The molecule has 2 fully saturated rings. The number of hydrogen-bond acceptors (Lipinski definition) is 7. The van der Waals surface area contributed by atoms with Crippen LogP contribution in [0.15, 0.2) is 36.8 Å². The topological polar surface area (TPSA) is 105 Å². The molecule has 1 unspecified atom stereocenters. The molecule has 0 aromatic carbocycles. The minimum absolute atomic E-state index is 0.0338. The third-order valence-electron chi connectivity index (χ3n) is 5.33. The lowest BCUT2D eigenvalue weighted by atomic mass is 10.2. The van der Waals surface area contributed by atoms with E-state index in [-0.39, 0.29) is 17.9 Å². The maximum absolute atomic E-state index is 12.8. The fourth-order valence-electron chi connectivity index (χ4n) is 3.73. The Morgan fingerprint density at radius 3 is 2.39 bits per heavy atom. The molecule has 9 nitrogen and oxygen atoms in total. The van der Waals surface area contributed by atoms with Gasteiger partial charge in [0.1, 0.15) is 0 Å². The van der Waals surface area contributed by atoms with E-state index in [0.29, 0.717) is 32.8 Å². The van der Waals surface area contributed by atoms with Crippen molar-refractivity contribution in [3.63, 3.8) is 0 Å². The van der Waals surface area contributed by atoms with Gasteiger partial charge in [0.05, 0.1) is 29.1 Å². The zero-order valence-electron chi connectivity index (χ0n) is 15.4. The lowest BCUT2D eigenvalue weighted by molar-refractivity contribution is 0.146. The van der Waals surface area contributed by atoms with Gasteiger partial charge < -0.3 is 0 Å². The number of sulfonamides is 1. The van der Waals surface area contributed by atoms with Crippen molar-refractivity contribution in [2.24, 2.45) is 0 Å². The fraction of sp³-hybridized carbons (Fsp3) is 0.529. The van der Waals surface area contributed by atoms with Gasteiger partial charge in [0.25, 0.3) is 0 Å². The van der Waals surface area contributed by atoms with Crippen LogP contribution < -0.4 is 0 Å². The Bertz CT molecular complexity index is 1030. The first-order chi connectivity index (χ1) is 13.4. The van der Waals surface area contributed by atoms with Crippen molar-refractivity contribution in [2.75, 3.05) is 37.7 Å². The Hall–Kier alpha value is -1.82. The number of aromatic nitrogens is 3. The van der Waals surface area contributed by atoms with E-state index in [1.54, 1.807) is 18.6 Å². The zero-order valence-corrected chi connectivity index (χ0v) is 17.0. The first-order valence-corrected chi connectivity index (χ1v) is 12.5. The summed E-state index contributed by atoms with van der Waals surface area (Å²) in [6.07, 6.45) is 5.42. The van der Waals surface area contributed by atoms with Gasteiger partial charge in [-0.25, -0.2) is 16.8 Å². The molecule has 0 aliphatic carbocycles. The van der Waals surface area contributed by atoms with Crippen LogP contribution >= 0.6 is 0 Å². The highest BCUT2D eigenvalue weighted by Crippen LogP contribution is 2.24. The van der Waals surface area contributed by atoms with Crippen LogP contribution in [-0.2, 0) is 26.5 Å². The van der Waals surface area contributed by atoms with Crippen LogP contribution in [0.1, 0.15) is 6.42 Å². The SMILES string of the molecule is O=S1(=O)CCC(S(=O)(=O)N2CCN(Cn3nccc3-c3ccncc3)CC2)C1. The molecule has 0 saturated carbocycles. The molecular formula is C17H23N5O4S2. The summed E-state index contributed by atoms with van der Waals surface area (Å²) in [5.41, 5.74) is 2.00. The van der Waals surface area contributed by atoms with Crippen LogP contribution in [0.25, 0.3) is 11.3 Å². The summed E-state index contributed by atoms with van der Waals surface area (Å²) in [4.78, 5) is 6.18. The molecule has 11 heteroatoms. The quantitative estimate of drug-likeness (QED) is 0.666. The number of rotatable bonds is 5. The highest BCUT2D eigenvalue weighted by atomic mass is 32.2. The largest absolute Gasteiger partial charge is 0.282 e. The van der Waals surface area contributed by atoms with Gasteiger partial charge in [-0.3, -0.25) is 14.6 Å². The summed E-state index contributed by atoms with van der Waals surface area (Å²) in [5, 5.41) is 3.59. The summed E-state index contributed by atoms with van der Waals surface area (Å²) >= 11 is 0. The van der Waals surface area contributed by atoms with E-state index in [1.807, 2.05) is 22.9 Å². The van der Waals surface area contributed by atoms with E-state index in [4.69, 9.17) is 0 Å². The summed E-state index contributed by atoms with van der Waals surface area (Å²) in [5.74, 6) is -0.286. The summed E-state index contributed by atoms with van der Waals surface area (Å²) in [6.45, 7) is 2.45. The van der Waals surface area contributed by atoms with Gasteiger partial charge in [-0.1, -0.05) is 0 Å². The second-order valence-corrected chi connectivity index (χ2v) is 11.6. The normalized spacial score (nSPS) is 23.8. The molecule has 2 aromatic heterocycles. The molecule has 4 heterocycles. The molecule has 152 valence electrons. The van der Waals surface area contributed by atoms with E-state index >= 15 is 0 Å². The van der Waals surface area contributed by atoms with Gasteiger partial charge in [-0.2, -0.15) is 9.40 Å². The van der Waals surface area contributed by atoms with Crippen molar-refractivity contribution in [1.29, 1.82) is 0 Å². The molecule has 0 N–H and O–H groups in total. The number of hydrogen-bond donors (Lipinski definition) is 0. The maximum atomic E-state index is 12.8. The van der Waals surface area contributed by atoms with E-state index in [2.05, 4.69) is 15.0 Å². The molecule has 1 atom stereocenters. The fourth-order valence-corrected chi connectivity index (χ4v) is 8.25. The van der Waals surface area contributed by atoms with Crippen molar-refractivity contribution in [3.05, 3.63) is 36.8 Å². The molecule has 2 aliphatic rings. The molecule has 28 heavy (non-hydrogen) atoms. The van der Waals surface area contributed by atoms with E-state index in [9.17, 15) is 16.8 Å². The van der Waals surface area contributed by atoms with Gasteiger partial charge in [0, 0.05) is 50.3 Å². The van der Waals surface area contributed by atoms with Crippen molar-refractivity contribution in [1.82, 2.24) is 24.0 Å². The van der Waals surface area contributed by atoms with Crippen LogP contribution in [0.2, 0.25) is 0 Å². The van der Waals surface area contributed by atoms with Crippen LogP contribution in [0.4, 0.5) is 0 Å². The highest BCUT2D eigenvalue weighted by Gasteiger charge is 2.41. The average molecular weight is 426 g/mol. The van der Waals surface area contributed by atoms with E-state index < -0.39 is 25.1 Å². The molecule has 0 radical (unpaired) electrons. The zero-order chi connectivity index (χ0) is 19.8. The molecule has 0 spiro atoms. The summed E-state index contributed by atoms with van der Waals surface area (Å²) in [7, 11) is -6.80. The first kappa shape index (κ1) is 19.5. The molecule has 2 aromatic rings. The Morgan fingerprint density at radius 2 is 1.75 bits per heavy atom. The molecule has 2 saturated heterocycles. The second-order valence-electron chi connectivity index (χ2n) is 7.18. The Morgan fingerprint density at radius 1 is 1.04 bits per heavy atom. The van der Waals surface area contributed by atoms with E-state index in [0.717, 1.165) is 11.3 Å². The lowest BCUT2D eigenvalue weighted by Gasteiger charge is -2.35. The predicted octanol–water partition coefficient (Wildman–Crippen LogP) is 0.0371. The van der Waals surface area contributed by atoms with Gasteiger partial charge in [0.2, 0.25) is 10.0 Å². The van der Waals surface area contributed by atoms with Crippen LogP contribution in [0.3, 0.4) is 0 Å². The number of sulfone groups is 1. The van der Waals surface area contributed by atoms with Gasteiger partial charge in [0.15, 0.2) is 9.84 Å². The van der Waals surface area contributed by atoms with Crippen molar-refractivity contribution in [3.8, 4) is 11.3 Å². The highest BCUT2D eigenvalue weighted by molar-refractivity contribution is 7.95. The van der Waals surface area contributed by atoms with Gasteiger partial charge >= 0.3 is 0 Å². The third kappa shape index (κ3) is 3.97. The average Bonchev–Trinajstić information content (AvgIpc) is 3.29. The molecule has 2 aliphatic heterocycles. The minimum atomic E-state index is -3.57. The molecule has 0 bridgehead atoms. The Kier molecular flexibility index (Phi) is 5.25. The summed E-state index contributed by atoms with van der Waals surface area (Å²) < 4.78 is 52.1. The Labute approximate surface area is 164 Å². The monoisotopic (exact) mass is 425 g/mol. The lowest BCUT2D eigenvalue weighted by Crippen LogP contribution is -2.51. The van der Waals surface area contributed by atoms with E-state index in [1.165, 1.54) is 4.31 Å². The second kappa shape index (κ2) is 7.54. The smallest absolute Gasteiger partial charge is 0.218 e. The van der Waals surface area contributed by atoms with Crippen molar-refractivity contribution >= 4 is 19.9 Å². The van der Waals surface area contributed by atoms with Crippen LogP contribution in [0, 0.1) is 0 Å².